The van der Waals surface area contributed by atoms with Crippen LogP contribution in [-0.2, 0) is 24.2 Å². The molecular formula is C26H30N2O4. The third kappa shape index (κ3) is 4.64. The quantitative estimate of drug-likeness (QED) is 0.552. The summed E-state index contributed by atoms with van der Waals surface area (Å²) in [6.45, 7) is 2.99. The van der Waals surface area contributed by atoms with Gasteiger partial charge in [-0.2, -0.15) is 0 Å². The Hall–Kier alpha value is -3.28. The fourth-order valence-corrected chi connectivity index (χ4v) is 4.18. The molecule has 2 aromatic carbocycles. The summed E-state index contributed by atoms with van der Waals surface area (Å²) in [7, 11) is 3.46. The van der Waals surface area contributed by atoms with Gasteiger partial charge in [0.25, 0.3) is 11.8 Å². The van der Waals surface area contributed by atoms with E-state index in [0.29, 0.717) is 24.4 Å². The van der Waals surface area contributed by atoms with E-state index < -0.39 is 0 Å². The normalized spacial score (nSPS) is 13.0. The summed E-state index contributed by atoms with van der Waals surface area (Å²) in [6, 6.07) is 13.2. The van der Waals surface area contributed by atoms with Gasteiger partial charge < -0.3 is 19.0 Å². The van der Waals surface area contributed by atoms with Gasteiger partial charge in [-0.3, -0.25) is 9.59 Å². The van der Waals surface area contributed by atoms with Crippen LogP contribution in [0.4, 0.5) is 0 Å². The number of carbonyl (C=O) groups is 2. The number of benzene rings is 2. The van der Waals surface area contributed by atoms with E-state index >= 15 is 0 Å². The fraction of sp³-hybridized carbons (Fsp3) is 0.385. The number of ether oxygens (including phenoxy) is 1. The molecular weight excluding hydrogens is 404 g/mol. The molecule has 1 aliphatic carbocycles. The molecule has 1 aromatic heterocycles. The van der Waals surface area contributed by atoms with Crippen LogP contribution in [0.2, 0.25) is 0 Å². The van der Waals surface area contributed by atoms with Gasteiger partial charge in [-0.05, 0) is 62.1 Å². The monoisotopic (exact) mass is 434 g/mol. The van der Waals surface area contributed by atoms with Crippen molar-refractivity contribution in [1.82, 2.24) is 9.80 Å². The van der Waals surface area contributed by atoms with Crippen LogP contribution in [0, 0.1) is 0 Å². The zero-order valence-electron chi connectivity index (χ0n) is 19.0. The predicted molar refractivity (Wildman–Crippen MR) is 124 cm³/mol. The minimum atomic E-state index is -0.0738. The van der Waals surface area contributed by atoms with Crippen molar-refractivity contribution in [2.45, 2.75) is 39.2 Å². The van der Waals surface area contributed by atoms with Crippen molar-refractivity contribution in [3.05, 3.63) is 64.9 Å². The highest BCUT2D eigenvalue weighted by molar-refractivity contribution is 5.93. The molecule has 168 valence electrons. The lowest BCUT2D eigenvalue weighted by molar-refractivity contribution is -0.133. The van der Waals surface area contributed by atoms with Crippen LogP contribution in [-0.4, -0.2) is 48.9 Å². The molecule has 6 heteroatoms. The van der Waals surface area contributed by atoms with Gasteiger partial charge in [-0.25, -0.2) is 0 Å². The maximum atomic E-state index is 12.8. The van der Waals surface area contributed by atoms with Crippen LogP contribution in [0.3, 0.4) is 0 Å². The Morgan fingerprint density at radius 3 is 2.50 bits per heavy atom. The molecule has 0 unspecified atom stereocenters. The van der Waals surface area contributed by atoms with Crippen molar-refractivity contribution in [3.63, 3.8) is 0 Å². The molecule has 0 radical (unpaired) electrons. The molecule has 0 aliphatic heterocycles. The second kappa shape index (κ2) is 9.47. The minimum Gasteiger partial charge on any atom is -0.484 e. The Morgan fingerprint density at radius 1 is 1.03 bits per heavy atom. The van der Waals surface area contributed by atoms with E-state index in [9.17, 15) is 9.59 Å². The molecule has 0 spiro atoms. The van der Waals surface area contributed by atoms with Gasteiger partial charge in [-0.1, -0.05) is 12.1 Å². The molecule has 0 bridgehead atoms. The lowest BCUT2D eigenvalue weighted by Gasteiger charge is -2.21. The summed E-state index contributed by atoms with van der Waals surface area (Å²) in [5.74, 6) is 1.66. The summed E-state index contributed by atoms with van der Waals surface area (Å²) >= 11 is 0. The van der Waals surface area contributed by atoms with E-state index in [0.717, 1.165) is 35.1 Å². The summed E-state index contributed by atoms with van der Waals surface area (Å²) in [5.41, 5.74) is 3.78. The Kier molecular flexibility index (Phi) is 6.49. The molecule has 3 aromatic rings. The molecule has 0 saturated carbocycles. The van der Waals surface area contributed by atoms with Crippen LogP contribution < -0.4 is 4.74 Å². The number of amides is 2. The Balaban J connectivity index is 1.38. The van der Waals surface area contributed by atoms with Crippen molar-refractivity contribution in [2.75, 3.05) is 27.2 Å². The molecule has 1 aliphatic rings. The number of rotatable bonds is 7. The van der Waals surface area contributed by atoms with Gasteiger partial charge in [0.05, 0.1) is 0 Å². The predicted octanol–water partition coefficient (Wildman–Crippen LogP) is 4.44. The first-order valence-electron chi connectivity index (χ1n) is 11.2. The zero-order chi connectivity index (χ0) is 22.7. The molecule has 0 saturated heterocycles. The molecule has 6 nitrogen and oxygen atoms in total. The number of nitrogens with zero attached hydrogens (tertiary/aromatic N) is 2. The maximum Gasteiger partial charge on any atom is 0.260 e. The van der Waals surface area contributed by atoms with Crippen LogP contribution in [0.15, 0.2) is 46.9 Å². The van der Waals surface area contributed by atoms with Gasteiger partial charge in [0.15, 0.2) is 6.61 Å². The van der Waals surface area contributed by atoms with Crippen molar-refractivity contribution >= 4 is 22.8 Å². The lowest BCUT2D eigenvalue weighted by atomic mass is 9.96. The van der Waals surface area contributed by atoms with E-state index in [-0.39, 0.29) is 18.4 Å². The Bertz CT molecular complexity index is 1110. The van der Waals surface area contributed by atoms with Crippen molar-refractivity contribution in [3.8, 4) is 5.75 Å². The van der Waals surface area contributed by atoms with E-state index in [1.165, 1.54) is 18.4 Å². The number of carbonyl (C=O) groups excluding carboxylic acids is 2. The first-order chi connectivity index (χ1) is 15.5. The highest BCUT2D eigenvalue weighted by Gasteiger charge is 2.19. The summed E-state index contributed by atoms with van der Waals surface area (Å²) in [6.07, 6.45) is 4.38. The van der Waals surface area contributed by atoms with Crippen LogP contribution in [0.1, 0.15) is 47.0 Å². The first-order valence-corrected chi connectivity index (χ1v) is 11.2. The van der Waals surface area contributed by atoms with E-state index in [2.05, 4.69) is 0 Å². The average molecular weight is 435 g/mol. The molecule has 0 fully saturated rings. The van der Waals surface area contributed by atoms with E-state index in [1.54, 1.807) is 36.0 Å². The molecule has 32 heavy (non-hydrogen) atoms. The van der Waals surface area contributed by atoms with Gasteiger partial charge in [0.2, 0.25) is 0 Å². The molecule has 4 rings (SSSR count). The maximum absolute atomic E-state index is 12.8. The molecule has 0 N–H and O–H groups in total. The van der Waals surface area contributed by atoms with Gasteiger partial charge in [-0.15, -0.1) is 0 Å². The third-order valence-corrected chi connectivity index (χ3v) is 6.00. The smallest absolute Gasteiger partial charge is 0.260 e. The largest absolute Gasteiger partial charge is 0.484 e. The second-order valence-electron chi connectivity index (χ2n) is 8.46. The highest BCUT2D eigenvalue weighted by atomic mass is 16.5. The summed E-state index contributed by atoms with van der Waals surface area (Å²) in [5, 5.41) is 1.10. The third-order valence-electron chi connectivity index (χ3n) is 6.00. The second-order valence-corrected chi connectivity index (χ2v) is 8.46. The Labute approximate surface area is 188 Å². The van der Waals surface area contributed by atoms with Crippen molar-refractivity contribution in [2.24, 2.45) is 0 Å². The van der Waals surface area contributed by atoms with Gasteiger partial charge in [0, 0.05) is 50.1 Å². The number of hydrogen-bond donors (Lipinski definition) is 0. The zero-order valence-corrected chi connectivity index (χ0v) is 19.0. The standard InChI is InChI=1S/C26H30N2O4/c1-4-28(16-18-9-11-19(12-10-18)26(30)27(2)3)25(29)17-31-20-13-14-24-22(15-20)21-7-5-6-8-23(21)32-24/h9-15H,4-8,16-17H2,1-3H3. The van der Waals surface area contributed by atoms with Crippen LogP contribution in [0.5, 0.6) is 5.75 Å². The van der Waals surface area contributed by atoms with Gasteiger partial charge in [0.1, 0.15) is 17.1 Å². The number of furan rings is 1. The van der Waals surface area contributed by atoms with Crippen molar-refractivity contribution < 1.29 is 18.7 Å². The van der Waals surface area contributed by atoms with Crippen molar-refractivity contribution in [1.29, 1.82) is 0 Å². The van der Waals surface area contributed by atoms with E-state index in [1.807, 2.05) is 37.3 Å². The number of hydrogen-bond acceptors (Lipinski definition) is 4. The average Bonchev–Trinajstić information content (AvgIpc) is 3.18. The van der Waals surface area contributed by atoms with Gasteiger partial charge >= 0.3 is 0 Å². The molecule has 0 atom stereocenters. The number of likely N-dealkylation sites (N-methyl/N-ethyl adjacent to an activating group) is 1. The number of aryl methyl sites for hydroxylation is 2. The first kappa shape index (κ1) is 21.9. The Morgan fingerprint density at radius 2 is 1.78 bits per heavy atom. The molecule has 2 amide bonds. The number of fused-ring (bicyclic) bond motifs is 3. The highest BCUT2D eigenvalue weighted by Crippen LogP contribution is 2.33. The van der Waals surface area contributed by atoms with Crippen LogP contribution >= 0.6 is 0 Å². The molecule has 1 heterocycles. The topological polar surface area (TPSA) is 63.0 Å². The minimum absolute atomic E-state index is 0.0173. The van der Waals surface area contributed by atoms with Crippen LogP contribution in [0.25, 0.3) is 11.0 Å². The lowest BCUT2D eigenvalue weighted by Crippen LogP contribution is -2.34. The summed E-state index contributed by atoms with van der Waals surface area (Å²) in [4.78, 5) is 28.1. The fourth-order valence-electron chi connectivity index (χ4n) is 4.18. The van der Waals surface area contributed by atoms with E-state index in [4.69, 9.17) is 9.15 Å². The SMILES string of the molecule is CCN(Cc1ccc(C(=O)N(C)C)cc1)C(=O)COc1ccc2oc3c(c2c1)CCCC3. The summed E-state index contributed by atoms with van der Waals surface area (Å²) < 4.78 is 11.8.